The molecule has 0 radical (unpaired) electrons. The number of nitrogens with one attached hydrogen (secondary N) is 1. The van der Waals surface area contributed by atoms with Crippen LogP contribution in [0.1, 0.15) is 28.7 Å². The second-order valence-corrected chi connectivity index (χ2v) is 10.1. The van der Waals surface area contributed by atoms with Crippen molar-refractivity contribution in [3.05, 3.63) is 70.0 Å². The van der Waals surface area contributed by atoms with E-state index in [1.165, 1.54) is 35.5 Å². The molecule has 0 fully saturated rings. The first kappa shape index (κ1) is 22.2. The fourth-order valence-corrected chi connectivity index (χ4v) is 5.30. The fraction of sp³-hybridized carbons (Fsp3) is 0.190. The van der Waals surface area contributed by atoms with Crippen molar-refractivity contribution in [1.29, 1.82) is 0 Å². The molecule has 9 nitrogen and oxygen atoms in total. The van der Waals surface area contributed by atoms with Crippen molar-refractivity contribution in [3.63, 3.8) is 0 Å². The van der Waals surface area contributed by atoms with Crippen LogP contribution in [-0.4, -0.2) is 46.0 Å². The summed E-state index contributed by atoms with van der Waals surface area (Å²) in [5.74, 6) is -1.47. The zero-order valence-corrected chi connectivity index (χ0v) is 19.4. The van der Waals surface area contributed by atoms with Gasteiger partial charge in [-0.05, 0) is 48.5 Å². The first-order valence-corrected chi connectivity index (χ1v) is 11.9. The van der Waals surface area contributed by atoms with Crippen molar-refractivity contribution < 1.29 is 23.1 Å². The Balaban J connectivity index is 1.67. The van der Waals surface area contributed by atoms with Gasteiger partial charge in [0, 0.05) is 42.2 Å². The lowest BCUT2D eigenvalue weighted by Crippen LogP contribution is -2.36. The molecule has 0 saturated heterocycles. The maximum Gasteiger partial charge on any atom is 0.356 e. The van der Waals surface area contributed by atoms with E-state index in [9.17, 15) is 23.1 Å². The number of fused-ring (bicyclic) bond motifs is 1. The Morgan fingerprint density at radius 1 is 1.09 bits per heavy atom. The highest BCUT2D eigenvalue weighted by Gasteiger charge is 2.34. The minimum Gasteiger partial charge on any atom is -0.476 e. The summed E-state index contributed by atoms with van der Waals surface area (Å²) in [6, 6.07) is 13.1. The Bertz CT molecular complexity index is 1300. The minimum atomic E-state index is -3.87. The quantitative estimate of drug-likeness (QED) is 0.535. The predicted molar refractivity (Wildman–Crippen MR) is 120 cm³/mol. The van der Waals surface area contributed by atoms with Crippen LogP contribution in [0.2, 0.25) is 0 Å². The molecule has 11 heteroatoms. The van der Waals surface area contributed by atoms with Gasteiger partial charge in [-0.2, -0.15) is 9.40 Å². The number of anilines is 1. The highest BCUT2D eigenvalue weighted by molar-refractivity contribution is 9.10. The van der Waals surface area contributed by atoms with E-state index in [1.807, 2.05) is 24.3 Å². The average molecular weight is 519 g/mol. The average Bonchev–Trinajstić information content (AvgIpc) is 3.13. The number of aromatic carboxylic acids is 1. The molecule has 0 spiro atoms. The Morgan fingerprint density at radius 3 is 2.34 bits per heavy atom. The number of amides is 1. The lowest BCUT2D eigenvalue weighted by atomic mass is 10.1. The van der Waals surface area contributed by atoms with Crippen molar-refractivity contribution in [1.82, 2.24) is 14.1 Å². The molecule has 2 heterocycles. The molecule has 0 bridgehead atoms. The van der Waals surface area contributed by atoms with Crippen molar-refractivity contribution in [2.45, 2.75) is 24.8 Å². The van der Waals surface area contributed by atoms with Gasteiger partial charge in [-0.15, -0.1) is 0 Å². The number of nitrogens with zero attached hydrogens (tertiary/aromatic N) is 3. The van der Waals surface area contributed by atoms with Gasteiger partial charge in [0.15, 0.2) is 5.69 Å². The normalized spacial score (nSPS) is 14.1. The molecule has 4 rings (SSSR count). The third-order valence-electron chi connectivity index (χ3n) is 5.11. The molecule has 0 saturated carbocycles. The van der Waals surface area contributed by atoms with Gasteiger partial charge in [0.05, 0.1) is 16.3 Å². The summed E-state index contributed by atoms with van der Waals surface area (Å²) in [4.78, 5) is 23.1. The fourth-order valence-electron chi connectivity index (χ4n) is 3.63. The van der Waals surface area contributed by atoms with Gasteiger partial charge >= 0.3 is 5.97 Å². The first-order valence-electron chi connectivity index (χ1n) is 9.64. The standard InChI is InChI=1S/C21H19BrN4O5S/c1-13(27)23-15-4-8-17(9-5-15)32(30,31)25-11-10-19-18(12-25)20(21(28)29)24-26(19)16-6-2-14(22)3-7-16/h2-9H,10-12H2,1H3,(H,23,27)(H,28,29). The number of hydrogen-bond donors (Lipinski definition) is 2. The molecular formula is C21H19BrN4O5S. The van der Waals surface area contributed by atoms with Gasteiger partial charge in [-0.3, -0.25) is 4.79 Å². The van der Waals surface area contributed by atoms with Gasteiger partial charge in [0.25, 0.3) is 0 Å². The molecule has 1 aliphatic heterocycles. The Kier molecular flexibility index (Phi) is 5.89. The summed E-state index contributed by atoms with van der Waals surface area (Å²) in [5.41, 5.74) is 2.08. The van der Waals surface area contributed by atoms with E-state index >= 15 is 0 Å². The second kappa shape index (κ2) is 8.49. The number of carboxylic acid groups (broad SMARTS) is 1. The van der Waals surface area contributed by atoms with Gasteiger partial charge in [-0.25, -0.2) is 17.9 Å². The Hall–Kier alpha value is -3.02. The third kappa shape index (κ3) is 4.18. The topological polar surface area (TPSA) is 122 Å². The highest BCUT2D eigenvalue weighted by atomic mass is 79.9. The largest absolute Gasteiger partial charge is 0.476 e. The van der Waals surface area contributed by atoms with E-state index in [4.69, 9.17) is 0 Å². The van der Waals surface area contributed by atoms with Crippen molar-refractivity contribution >= 4 is 43.5 Å². The monoisotopic (exact) mass is 518 g/mol. The molecule has 166 valence electrons. The molecule has 2 N–H and O–H groups in total. The van der Waals surface area contributed by atoms with E-state index in [0.717, 1.165) is 4.47 Å². The summed E-state index contributed by atoms with van der Waals surface area (Å²) in [5, 5.41) is 16.5. The van der Waals surface area contributed by atoms with Gasteiger partial charge in [0.2, 0.25) is 15.9 Å². The summed E-state index contributed by atoms with van der Waals surface area (Å²) >= 11 is 3.37. The molecular weight excluding hydrogens is 500 g/mol. The van der Waals surface area contributed by atoms with Crippen molar-refractivity contribution in [3.8, 4) is 5.69 Å². The smallest absolute Gasteiger partial charge is 0.356 e. The Morgan fingerprint density at radius 2 is 1.75 bits per heavy atom. The maximum atomic E-state index is 13.2. The Labute approximate surface area is 192 Å². The molecule has 0 aliphatic carbocycles. The number of carboxylic acids is 1. The van der Waals surface area contributed by atoms with Crippen molar-refractivity contribution in [2.75, 3.05) is 11.9 Å². The molecule has 1 aromatic heterocycles. The number of carbonyl (C=O) groups is 2. The number of benzene rings is 2. The second-order valence-electron chi connectivity index (χ2n) is 7.26. The van der Waals surface area contributed by atoms with Crippen LogP contribution in [0.4, 0.5) is 5.69 Å². The van der Waals surface area contributed by atoms with Crippen LogP contribution in [0.15, 0.2) is 57.9 Å². The zero-order chi connectivity index (χ0) is 23.0. The summed E-state index contributed by atoms with van der Waals surface area (Å²) in [6.07, 6.45) is 0.314. The number of carbonyl (C=O) groups excluding carboxylic acids is 1. The molecule has 1 amide bonds. The summed E-state index contributed by atoms with van der Waals surface area (Å²) in [6.45, 7) is 1.46. The predicted octanol–water partition coefficient (Wildman–Crippen LogP) is 3.04. The van der Waals surface area contributed by atoms with Gasteiger partial charge < -0.3 is 10.4 Å². The molecule has 3 aromatic rings. The van der Waals surface area contributed by atoms with Crippen LogP contribution < -0.4 is 5.32 Å². The summed E-state index contributed by atoms with van der Waals surface area (Å²) in [7, 11) is -3.87. The van der Waals surface area contributed by atoms with E-state index < -0.39 is 16.0 Å². The molecule has 32 heavy (non-hydrogen) atoms. The number of sulfonamides is 1. The number of aromatic nitrogens is 2. The van der Waals surface area contributed by atoms with Crippen LogP contribution in [0, 0.1) is 0 Å². The van der Waals surface area contributed by atoms with Gasteiger partial charge in [-0.1, -0.05) is 15.9 Å². The van der Waals surface area contributed by atoms with Crippen LogP contribution >= 0.6 is 15.9 Å². The number of halogens is 1. The lowest BCUT2D eigenvalue weighted by Gasteiger charge is -2.27. The maximum absolute atomic E-state index is 13.2. The van der Waals surface area contributed by atoms with Gasteiger partial charge in [0.1, 0.15) is 0 Å². The highest BCUT2D eigenvalue weighted by Crippen LogP contribution is 2.30. The van der Waals surface area contributed by atoms with E-state index in [2.05, 4.69) is 26.3 Å². The molecule has 2 aromatic carbocycles. The molecule has 0 atom stereocenters. The third-order valence-corrected chi connectivity index (χ3v) is 7.50. The minimum absolute atomic E-state index is 0.0622. The number of hydrogen-bond acceptors (Lipinski definition) is 5. The number of rotatable bonds is 5. The first-order chi connectivity index (χ1) is 15.2. The summed E-state index contributed by atoms with van der Waals surface area (Å²) < 4.78 is 30.1. The SMILES string of the molecule is CC(=O)Nc1ccc(S(=O)(=O)N2CCc3c(c(C(=O)O)nn3-c3ccc(Br)cc3)C2)cc1. The molecule has 0 unspecified atom stereocenters. The zero-order valence-electron chi connectivity index (χ0n) is 16.9. The van der Waals surface area contributed by atoms with E-state index in [-0.39, 0.29) is 29.6 Å². The van der Waals surface area contributed by atoms with Crippen LogP contribution in [0.25, 0.3) is 5.69 Å². The lowest BCUT2D eigenvalue weighted by molar-refractivity contribution is -0.114. The van der Waals surface area contributed by atoms with Crippen molar-refractivity contribution in [2.24, 2.45) is 0 Å². The van der Waals surface area contributed by atoms with Crippen LogP contribution in [-0.2, 0) is 27.8 Å². The molecule has 1 aliphatic rings. The van der Waals surface area contributed by atoms with E-state index in [0.29, 0.717) is 29.1 Å². The van der Waals surface area contributed by atoms with E-state index in [1.54, 1.807) is 4.68 Å². The van der Waals surface area contributed by atoms with Crippen LogP contribution in [0.3, 0.4) is 0 Å². The van der Waals surface area contributed by atoms with Crippen LogP contribution in [0.5, 0.6) is 0 Å².